The van der Waals surface area contributed by atoms with Crippen LogP contribution in [0, 0.1) is 6.92 Å². The molecule has 30 heavy (non-hydrogen) atoms. The highest BCUT2D eigenvalue weighted by Crippen LogP contribution is 2.40. The molecule has 0 bridgehead atoms. The van der Waals surface area contributed by atoms with Gasteiger partial charge in [0.15, 0.2) is 5.03 Å². The van der Waals surface area contributed by atoms with Gasteiger partial charge in [-0.2, -0.15) is 5.10 Å². The summed E-state index contributed by atoms with van der Waals surface area (Å²) < 4.78 is 24.8. The first-order valence-electron chi connectivity index (χ1n) is 9.62. The lowest BCUT2D eigenvalue weighted by molar-refractivity contribution is 0.164. The molecular formula is C21H25N5O3S. The number of nitrogens with two attached hydrogens (primary N) is 2. The number of pyridine rings is 1. The molecule has 0 saturated heterocycles. The number of anilines is 1. The van der Waals surface area contributed by atoms with Gasteiger partial charge < -0.3 is 15.2 Å². The number of benzene rings is 1. The molecule has 1 aliphatic rings. The molecular weight excluding hydrogens is 402 g/mol. The van der Waals surface area contributed by atoms with Gasteiger partial charge in [-0.25, -0.2) is 14.3 Å². The van der Waals surface area contributed by atoms with E-state index in [1.807, 2.05) is 39.0 Å². The fourth-order valence-electron chi connectivity index (χ4n) is 3.60. The summed E-state index contributed by atoms with van der Waals surface area (Å²) in [5.41, 5.74) is 10.8. The van der Waals surface area contributed by atoms with E-state index in [-0.39, 0.29) is 0 Å². The van der Waals surface area contributed by atoms with Crippen molar-refractivity contribution in [2.24, 2.45) is 5.14 Å². The Bertz CT molecular complexity index is 1130. The minimum Gasteiger partial charge on any atom is -0.493 e. The number of aryl methyl sites for hydroxylation is 1. The number of fused-ring (bicyclic) bond motifs is 1. The molecule has 3 heterocycles. The van der Waals surface area contributed by atoms with Gasteiger partial charge in [0.25, 0.3) is 0 Å². The molecule has 1 aliphatic heterocycles. The second-order valence-electron chi connectivity index (χ2n) is 7.94. The Morgan fingerprint density at radius 3 is 2.87 bits per heavy atom. The molecule has 1 atom stereocenters. The Morgan fingerprint density at radius 1 is 1.33 bits per heavy atom. The zero-order valence-electron chi connectivity index (χ0n) is 17.2. The summed E-state index contributed by atoms with van der Waals surface area (Å²) in [7, 11) is -1.62. The SMILES string of the molecule is Cc1cc2c(c(N)c1-c1ccnc(OCC(C)(C)n3ccc(S(N)=O)n3)c1)CCO2. The molecule has 1 unspecified atom stereocenters. The normalized spacial score (nSPS) is 14.3. The second kappa shape index (κ2) is 7.73. The Hall–Kier alpha value is -2.91. The average Bonchev–Trinajstić information content (AvgIpc) is 3.37. The fraction of sp³-hybridized carbons (Fsp3) is 0.333. The monoisotopic (exact) mass is 427 g/mol. The van der Waals surface area contributed by atoms with E-state index in [0.717, 1.165) is 40.1 Å². The maximum Gasteiger partial charge on any atom is 0.213 e. The zero-order chi connectivity index (χ0) is 21.5. The summed E-state index contributed by atoms with van der Waals surface area (Å²) in [6.45, 7) is 6.93. The first-order chi connectivity index (χ1) is 14.3. The number of hydrogen-bond donors (Lipinski definition) is 2. The van der Waals surface area contributed by atoms with E-state index in [0.29, 0.717) is 24.1 Å². The molecule has 0 aliphatic carbocycles. The lowest BCUT2D eigenvalue weighted by atomic mass is 9.95. The number of rotatable bonds is 6. The minimum absolute atomic E-state index is 0.314. The fourth-order valence-corrected chi connectivity index (χ4v) is 3.96. The molecule has 0 spiro atoms. The average molecular weight is 428 g/mol. The lowest BCUT2D eigenvalue weighted by Gasteiger charge is -2.25. The topological polar surface area (TPSA) is 118 Å². The number of aromatic nitrogens is 3. The maximum absolute atomic E-state index is 11.4. The highest BCUT2D eigenvalue weighted by atomic mass is 32.2. The predicted molar refractivity (Wildman–Crippen MR) is 116 cm³/mol. The van der Waals surface area contributed by atoms with Crippen molar-refractivity contribution in [3.05, 3.63) is 47.8 Å². The minimum atomic E-state index is -1.62. The van der Waals surface area contributed by atoms with Gasteiger partial charge in [-0.1, -0.05) is 0 Å². The first kappa shape index (κ1) is 20.4. The van der Waals surface area contributed by atoms with Crippen LogP contribution in [0.25, 0.3) is 11.1 Å². The van der Waals surface area contributed by atoms with Crippen LogP contribution in [0.4, 0.5) is 5.69 Å². The Labute approximate surface area is 177 Å². The third-order valence-corrected chi connectivity index (χ3v) is 5.86. The van der Waals surface area contributed by atoms with Gasteiger partial charge in [0.2, 0.25) is 5.88 Å². The maximum atomic E-state index is 11.4. The summed E-state index contributed by atoms with van der Waals surface area (Å²) >= 11 is 0. The van der Waals surface area contributed by atoms with Crippen molar-refractivity contribution in [2.45, 2.75) is 37.8 Å². The third-order valence-electron chi connectivity index (χ3n) is 5.23. The molecule has 1 aromatic carbocycles. The highest BCUT2D eigenvalue weighted by Gasteiger charge is 2.24. The quantitative estimate of drug-likeness (QED) is 0.584. The van der Waals surface area contributed by atoms with E-state index >= 15 is 0 Å². The lowest BCUT2D eigenvalue weighted by Crippen LogP contribution is -2.34. The van der Waals surface area contributed by atoms with Crippen LogP contribution < -0.4 is 20.3 Å². The standard InChI is InChI=1S/C21H25N5O3S/c1-13-10-16-15(6-9-28-16)20(22)19(13)14-4-7-24-17(11-14)29-12-21(2,3)26-8-5-18(25-26)30(23)27/h4-5,7-8,10-11H,6,9,12,22-23H2,1-3H3. The summed E-state index contributed by atoms with van der Waals surface area (Å²) in [6, 6.07) is 7.49. The summed E-state index contributed by atoms with van der Waals surface area (Å²) in [6.07, 6.45) is 4.27. The summed E-state index contributed by atoms with van der Waals surface area (Å²) in [5.74, 6) is 1.36. The van der Waals surface area contributed by atoms with Gasteiger partial charge in [-0.15, -0.1) is 0 Å². The van der Waals surface area contributed by atoms with Crippen LogP contribution in [0.15, 0.2) is 41.7 Å². The smallest absolute Gasteiger partial charge is 0.213 e. The molecule has 0 radical (unpaired) electrons. The van der Waals surface area contributed by atoms with Crippen LogP contribution in [-0.4, -0.2) is 32.2 Å². The van der Waals surface area contributed by atoms with Gasteiger partial charge in [-0.05, 0) is 50.1 Å². The van der Waals surface area contributed by atoms with Crippen LogP contribution in [-0.2, 0) is 22.9 Å². The number of ether oxygens (including phenoxy) is 2. The third kappa shape index (κ3) is 3.78. The van der Waals surface area contributed by atoms with Crippen molar-refractivity contribution in [1.29, 1.82) is 0 Å². The van der Waals surface area contributed by atoms with Crippen molar-refractivity contribution in [2.75, 3.05) is 18.9 Å². The Kier molecular flexibility index (Phi) is 5.25. The van der Waals surface area contributed by atoms with Gasteiger partial charge in [0.1, 0.15) is 23.3 Å². The molecule has 0 amide bonds. The molecule has 4 N–H and O–H groups in total. The van der Waals surface area contributed by atoms with Gasteiger partial charge >= 0.3 is 0 Å². The predicted octanol–water partition coefficient (Wildman–Crippen LogP) is 2.57. The van der Waals surface area contributed by atoms with Crippen LogP contribution in [0.5, 0.6) is 11.6 Å². The number of nitrogens with zero attached hydrogens (tertiary/aromatic N) is 3. The van der Waals surface area contributed by atoms with Crippen LogP contribution in [0.2, 0.25) is 0 Å². The molecule has 2 aromatic heterocycles. The van der Waals surface area contributed by atoms with Crippen LogP contribution in [0.3, 0.4) is 0 Å². The molecule has 4 rings (SSSR count). The first-order valence-corrected chi connectivity index (χ1v) is 10.8. The zero-order valence-corrected chi connectivity index (χ0v) is 18.0. The van der Waals surface area contributed by atoms with Crippen molar-refractivity contribution >= 4 is 16.7 Å². The molecule has 3 aromatic rings. The molecule has 0 saturated carbocycles. The largest absolute Gasteiger partial charge is 0.493 e. The van der Waals surface area contributed by atoms with E-state index in [1.54, 1.807) is 23.1 Å². The Morgan fingerprint density at radius 2 is 2.13 bits per heavy atom. The van der Waals surface area contributed by atoms with Crippen molar-refractivity contribution < 1.29 is 13.7 Å². The van der Waals surface area contributed by atoms with Gasteiger partial charge in [0, 0.05) is 41.7 Å². The van der Waals surface area contributed by atoms with Crippen LogP contribution in [0.1, 0.15) is 25.0 Å². The van der Waals surface area contributed by atoms with E-state index < -0.39 is 16.5 Å². The van der Waals surface area contributed by atoms with Gasteiger partial charge in [0.05, 0.1) is 12.1 Å². The Balaban J connectivity index is 1.57. The second-order valence-corrected chi connectivity index (χ2v) is 8.95. The van der Waals surface area contributed by atoms with Crippen molar-refractivity contribution in [3.63, 3.8) is 0 Å². The van der Waals surface area contributed by atoms with E-state index in [2.05, 4.69) is 10.1 Å². The molecule has 158 valence electrons. The number of nitrogen functional groups attached to an aromatic ring is 1. The summed E-state index contributed by atoms with van der Waals surface area (Å²) in [4.78, 5) is 4.34. The van der Waals surface area contributed by atoms with Gasteiger partial charge in [-0.3, -0.25) is 4.68 Å². The molecule has 0 fully saturated rings. The summed E-state index contributed by atoms with van der Waals surface area (Å²) in [5, 5.41) is 10.0. The highest BCUT2D eigenvalue weighted by molar-refractivity contribution is 7.82. The van der Waals surface area contributed by atoms with Crippen molar-refractivity contribution in [1.82, 2.24) is 14.8 Å². The molecule has 9 heteroatoms. The van der Waals surface area contributed by atoms with E-state index in [1.165, 1.54) is 0 Å². The molecule has 8 nitrogen and oxygen atoms in total. The number of hydrogen-bond acceptors (Lipinski definition) is 6. The van der Waals surface area contributed by atoms with Crippen LogP contribution >= 0.6 is 0 Å². The van der Waals surface area contributed by atoms with Crippen molar-refractivity contribution in [3.8, 4) is 22.8 Å². The van der Waals surface area contributed by atoms with E-state index in [9.17, 15) is 4.21 Å². The van der Waals surface area contributed by atoms with E-state index in [4.69, 9.17) is 20.3 Å².